The molecule has 0 amide bonds. The number of morpholine rings is 1. The van der Waals surface area contributed by atoms with Crippen LogP contribution in [-0.2, 0) is 11.3 Å². The number of aromatic nitrogens is 1. The molecule has 1 aromatic carbocycles. The van der Waals surface area contributed by atoms with Crippen molar-refractivity contribution in [2.45, 2.75) is 12.6 Å². The molecule has 114 valence electrons. The number of rotatable bonds is 3. The number of oxazole rings is 1. The van der Waals surface area contributed by atoms with Gasteiger partial charge in [0.1, 0.15) is 6.10 Å². The van der Waals surface area contributed by atoms with Crippen LogP contribution in [0.2, 0.25) is 0 Å². The van der Waals surface area contributed by atoms with E-state index in [-0.39, 0.29) is 6.10 Å². The van der Waals surface area contributed by atoms with Gasteiger partial charge in [-0.1, -0.05) is 18.2 Å². The Morgan fingerprint density at radius 3 is 3.14 bits per heavy atom. The van der Waals surface area contributed by atoms with Crippen LogP contribution >= 0.6 is 11.3 Å². The lowest BCUT2D eigenvalue weighted by Gasteiger charge is -2.32. The van der Waals surface area contributed by atoms with Gasteiger partial charge in [-0.05, 0) is 17.5 Å². The second-order valence-corrected chi connectivity index (χ2v) is 6.40. The normalized spacial score (nSPS) is 19.7. The van der Waals surface area contributed by atoms with E-state index < -0.39 is 5.76 Å². The maximum Gasteiger partial charge on any atom is 0.417 e. The van der Waals surface area contributed by atoms with Gasteiger partial charge < -0.3 is 9.15 Å². The minimum atomic E-state index is -0.402. The predicted octanol–water partition coefficient (Wildman–Crippen LogP) is 2.76. The van der Waals surface area contributed by atoms with Gasteiger partial charge in [-0.2, -0.15) is 0 Å². The lowest BCUT2D eigenvalue weighted by molar-refractivity contribution is -0.0310. The minimum Gasteiger partial charge on any atom is -0.408 e. The van der Waals surface area contributed by atoms with Crippen LogP contribution < -0.4 is 5.76 Å². The van der Waals surface area contributed by atoms with Gasteiger partial charge in [0.15, 0.2) is 5.58 Å². The summed E-state index contributed by atoms with van der Waals surface area (Å²) >= 11 is 1.73. The number of aromatic amines is 1. The quantitative estimate of drug-likeness (QED) is 0.807. The van der Waals surface area contributed by atoms with Gasteiger partial charge in [0.2, 0.25) is 0 Å². The monoisotopic (exact) mass is 316 g/mol. The molecule has 0 saturated carbocycles. The first-order valence-electron chi connectivity index (χ1n) is 7.28. The van der Waals surface area contributed by atoms with Crippen molar-refractivity contribution in [2.75, 3.05) is 19.7 Å². The molecule has 1 aliphatic heterocycles. The Hall–Kier alpha value is -1.89. The van der Waals surface area contributed by atoms with E-state index in [1.165, 1.54) is 4.88 Å². The predicted molar refractivity (Wildman–Crippen MR) is 85.1 cm³/mol. The first-order valence-corrected chi connectivity index (χ1v) is 8.15. The van der Waals surface area contributed by atoms with Crippen molar-refractivity contribution in [3.63, 3.8) is 0 Å². The molecule has 22 heavy (non-hydrogen) atoms. The average molecular weight is 316 g/mol. The molecule has 6 heteroatoms. The van der Waals surface area contributed by atoms with Crippen LogP contribution in [0.15, 0.2) is 44.9 Å². The number of hydrogen-bond acceptors (Lipinski definition) is 5. The van der Waals surface area contributed by atoms with E-state index >= 15 is 0 Å². The number of nitrogens with one attached hydrogen (secondary N) is 1. The number of hydrogen-bond donors (Lipinski definition) is 1. The standard InChI is InChI=1S/C16H16N2O3S/c19-16-17-12-4-1-3-11(15(12)21-16)9-18-6-7-20-13(10-18)14-5-2-8-22-14/h1-5,8,13H,6-7,9-10H2,(H,17,19). The van der Waals surface area contributed by atoms with Crippen LogP contribution in [0.5, 0.6) is 0 Å². The first kappa shape index (κ1) is 13.8. The molecule has 5 nitrogen and oxygen atoms in total. The zero-order valence-electron chi connectivity index (χ0n) is 12.0. The highest BCUT2D eigenvalue weighted by Crippen LogP contribution is 2.27. The first-order chi connectivity index (χ1) is 10.8. The number of para-hydroxylation sites is 1. The Balaban J connectivity index is 1.56. The maximum atomic E-state index is 11.4. The fourth-order valence-corrected chi connectivity index (χ4v) is 3.66. The molecule has 1 fully saturated rings. The maximum absolute atomic E-state index is 11.4. The van der Waals surface area contributed by atoms with Crippen molar-refractivity contribution in [1.82, 2.24) is 9.88 Å². The molecule has 1 saturated heterocycles. The molecule has 1 aliphatic rings. The Kier molecular flexibility index (Phi) is 3.57. The van der Waals surface area contributed by atoms with E-state index in [2.05, 4.69) is 27.4 Å². The van der Waals surface area contributed by atoms with Gasteiger partial charge in [-0.15, -0.1) is 11.3 Å². The van der Waals surface area contributed by atoms with Crippen LogP contribution in [0.4, 0.5) is 0 Å². The Labute approximate surface area is 131 Å². The van der Waals surface area contributed by atoms with Crippen LogP contribution in [0, 0.1) is 0 Å². The zero-order valence-corrected chi connectivity index (χ0v) is 12.8. The van der Waals surface area contributed by atoms with E-state index in [1.807, 2.05) is 18.2 Å². The Bertz CT molecular complexity index is 821. The Morgan fingerprint density at radius 1 is 1.32 bits per heavy atom. The van der Waals surface area contributed by atoms with Crippen molar-refractivity contribution < 1.29 is 9.15 Å². The lowest BCUT2D eigenvalue weighted by atomic mass is 10.1. The van der Waals surface area contributed by atoms with E-state index in [1.54, 1.807) is 11.3 Å². The fraction of sp³-hybridized carbons (Fsp3) is 0.312. The van der Waals surface area contributed by atoms with E-state index in [9.17, 15) is 4.79 Å². The molecule has 0 spiro atoms. The molecule has 4 rings (SSSR count). The smallest absolute Gasteiger partial charge is 0.408 e. The van der Waals surface area contributed by atoms with Crippen molar-refractivity contribution in [3.8, 4) is 0 Å². The second-order valence-electron chi connectivity index (χ2n) is 5.42. The fourth-order valence-electron chi connectivity index (χ4n) is 2.89. The molecule has 3 heterocycles. The van der Waals surface area contributed by atoms with Gasteiger partial charge >= 0.3 is 5.76 Å². The number of benzene rings is 1. The molecule has 1 atom stereocenters. The molecule has 1 unspecified atom stereocenters. The van der Waals surface area contributed by atoms with Crippen molar-refractivity contribution in [1.29, 1.82) is 0 Å². The van der Waals surface area contributed by atoms with Crippen LogP contribution in [-0.4, -0.2) is 29.6 Å². The lowest BCUT2D eigenvalue weighted by Crippen LogP contribution is -2.37. The highest BCUT2D eigenvalue weighted by Gasteiger charge is 2.23. The van der Waals surface area contributed by atoms with E-state index in [4.69, 9.17) is 9.15 Å². The molecular formula is C16H16N2O3S. The van der Waals surface area contributed by atoms with Crippen LogP contribution in [0.3, 0.4) is 0 Å². The zero-order chi connectivity index (χ0) is 14.9. The van der Waals surface area contributed by atoms with Crippen molar-refractivity contribution >= 4 is 22.4 Å². The SMILES string of the molecule is O=c1[nH]c2cccc(CN3CCOC(c4cccs4)C3)c2o1. The number of ether oxygens (including phenoxy) is 1. The van der Waals surface area contributed by atoms with Gasteiger partial charge in [-0.25, -0.2) is 4.79 Å². The summed E-state index contributed by atoms with van der Waals surface area (Å²) in [5.74, 6) is -0.402. The number of H-pyrrole nitrogens is 1. The van der Waals surface area contributed by atoms with Gasteiger partial charge in [0.25, 0.3) is 0 Å². The highest BCUT2D eigenvalue weighted by atomic mass is 32.1. The summed E-state index contributed by atoms with van der Waals surface area (Å²) < 4.78 is 11.1. The summed E-state index contributed by atoms with van der Waals surface area (Å²) in [6.07, 6.45) is 0.131. The molecule has 0 radical (unpaired) electrons. The van der Waals surface area contributed by atoms with Gasteiger partial charge in [0, 0.05) is 30.1 Å². The third-order valence-electron chi connectivity index (χ3n) is 3.93. The summed E-state index contributed by atoms with van der Waals surface area (Å²) in [6, 6.07) is 9.98. The summed E-state index contributed by atoms with van der Waals surface area (Å²) in [7, 11) is 0. The van der Waals surface area contributed by atoms with Crippen LogP contribution in [0.25, 0.3) is 11.1 Å². The molecule has 0 aliphatic carbocycles. The number of thiophene rings is 1. The number of fused-ring (bicyclic) bond motifs is 1. The Morgan fingerprint density at radius 2 is 2.27 bits per heavy atom. The van der Waals surface area contributed by atoms with E-state index in [0.717, 1.165) is 37.3 Å². The molecule has 3 aromatic rings. The molecular weight excluding hydrogens is 300 g/mol. The molecule has 1 N–H and O–H groups in total. The molecule has 2 aromatic heterocycles. The third-order valence-corrected chi connectivity index (χ3v) is 4.90. The summed E-state index contributed by atoms with van der Waals surface area (Å²) in [5.41, 5.74) is 2.44. The second kappa shape index (κ2) is 5.72. The topological polar surface area (TPSA) is 58.5 Å². The van der Waals surface area contributed by atoms with E-state index in [0.29, 0.717) is 5.58 Å². The van der Waals surface area contributed by atoms with Crippen LogP contribution in [0.1, 0.15) is 16.5 Å². The molecule has 0 bridgehead atoms. The summed E-state index contributed by atoms with van der Waals surface area (Å²) in [6.45, 7) is 3.21. The van der Waals surface area contributed by atoms with Crippen molar-refractivity contribution in [2.24, 2.45) is 0 Å². The largest absolute Gasteiger partial charge is 0.417 e. The highest BCUT2D eigenvalue weighted by molar-refractivity contribution is 7.10. The third kappa shape index (κ3) is 2.61. The average Bonchev–Trinajstić information content (AvgIpc) is 3.16. The van der Waals surface area contributed by atoms with Gasteiger partial charge in [-0.3, -0.25) is 9.88 Å². The van der Waals surface area contributed by atoms with Gasteiger partial charge in [0.05, 0.1) is 12.1 Å². The number of nitrogens with zero attached hydrogens (tertiary/aromatic N) is 1. The summed E-state index contributed by atoms with van der Waals surface area (Å²) in [4.78, 5) is 17.7. The minimum absolute atomic E-state index is 0.131. The van der Waals surface area contributed by atoms with Crippen molar-refractivity contribution in [3.05, 3.63) is 56.7 Å². The summed E-state index contributed by atoms with van der Waals surface area (Å²) in [5, 5.41) is 2.08.